The van der Waals surface area contributed by atoms with E-state index in [-0.39, 0.29) is 17.6 Å². The lowest BCUT2D eigenvalue weighted by Crippen LogP contribution is -2.32. The molecular weight excluding hydrogens is 442 g/mol. The molecule has 0 bridgehead atoms. The number of ether oxygens (including phenoxy) is 1. The number of carbonyl (C=O) groups is 2. The molecule has 0 saturated heterocycles. The third-order valence-electron chi connectivity index (χ3n) is 6.75. The minimum Gasteiger partial charge on any atom is -0.485 e. The number of amides is 1. The third-order valence-corrected chi connectivity index (χ3v) is 6.75. The molecule has 1 aliphatic carbocycles. The number of carboxylic acids is 1. The second-order valence-electron chi connectivity index (χ2n) is 9.25. The lowest BCUT2D eigenvalue weighted by atomic mass is 9.79. The number of anilines is 1. The molecule has 0 spiro atoms. The van der Waals surface area contributed by atoms with Crippen LogP contribution >= 0.6 is 0 Å². The summed E-state index contributed by atoms with van der Waals surface area (Å²) in [5.41, 5.74) is 6.05. The summed E-state index contributed by atoms with van der Waals surface area (Å²) < 4.78 is 6.45. The van der Waals surface area contributed by atoms with Crippen molar-refractivity contribution in [3.8, 4) is 5.75 Å². The summed E-state index contributed by atoms with van der Waals surface area (Å²) >= 11 is 0. The topological polar surface area (TPSA) is 91.2 Å². The lowest BCUT2D eigenvalue weighted by molar-refractivity contribution is 0.0696. The quantitative estimate of drug-likeness (QED) is 0.562. The van der Waals surface area contributed by atoms with E-state index < -0.39 is 5.97 Å². The number of rotatable bonds is 7. The Morgan fingerprint density at radius 1 is 1.14 bits per heavy atom. The van der Waals surface area contributed by atoms with Crippen LogP contribution in [0.25, 0.3) is 5.57 Å². The van der Waals surface area contributed by atoms with Gasteiger partial charge in [0.05, 0.1) is 5.56 Å². The Bertz CT molecular complexity index is 1210. The standard InChI is InChI=1S/C28H33N3O4/c1-5-6-13-30-27(32)17-7-10-20(23(14-17)28(33)34)26-21-11-8-18(29-2)15-24(21)35-25-16-19(31(3)4)9-12-22(25)26/h7,9-10,12,14,16,24H,5-6,8,11,13,15H2,1-4H3,(H,30,32)(H,33,34). The second kappa shape index (κ2) is 10.3. The van der Waals surface area contributed by atoms with Crippen molar-refractivity contribution >= 4 is 28.8 Å². The van der Waals surface area contributed by atoms with Crippen LogP contribution in [0.2, 0.25) is 0 Å². The van der Waals surface area contributed by atoms with Crippen LogP contribution < -0.4 is 15.0 Å². The normalized spacial score (nSPS) is 17.9. The molecule has 4 rings (SSSR count). The first-order valence-corrected chi connectivity index (χ1v) is 12.2. The Morgan fingerprint density at radius 2 is 1.91 bits per heavy atom. The van der Waals surface area contributed by atoms with E-state index in [2.05, 4.69) is 17.2 Å². The van der Waals surface area contributed by atoms with Gasteiger partial charge in [-0.1, -0.05) is 19.4 Å². The summed E-state index contributed by atoms with van der Waals surface area (Å²) in [6.45, 7) is 2.62. The highest BCUT2D eigenvalue weighted by molar-refractivity contribution is 6.03. The summed E-state index contributed by atoms with van der Waals surface area (Å²) in [5, 5.41) is 13.0. The second-order valence-corrected chi connectivity index (χ2v) is 9.25. The van der Waals surface area contributed by atoms with E-state index in [4.69, 9.17) is 4.74 Å². The fourth-order valence-corrected chi connectivity index (χ4v) is 4.78. The number of fused-ring (bicyclic) bond motifs is 2. The maximum atomic E-state index is 12.6. The van der Waals surface area contributed by atoms with E-state index in [1.54, 1.807) is 19.2 Å². The average molecular weight is 476 g/mol. The molecule has 2 aromatic carbocycles. The van der Waals surface area contributed by atoms with Gasteiger partial charge in [-0.3, -0.25) is 9.79 Å². The number of nitrogens with one attached hydrogen (secondary N) is 1. The number of benzene rings is 2. The molecule has 0 aromatic heterocycles. The van der Waals surface area contributed by atoms with Gasteiger partial charge in [-0.2, -0.15) is 0 Å². The van der Waals surface area contributed by atoms with Gasteiger partial charge >= 0.3 is 5.97 Å². The molecule has 1 amide bonds. The zero-order valence-corrected chi connectivity index (χ0v) is 20.9. The minimum absolute atomic E-state index is 0.119. The van der Waals surface area contributed by atoms with Gasteiger partial charge in [-0.15, -0.1) is 0 Å². The van der Waals surface area contributed by atoms with Gasteiger partial charge in [0.1, 0.15) is 11.9 Å². The summed E-state index contributed by atoms with van der Waals surface area (Å²) in [4.78, 5) is 31.5. The molecule has 0 radical (unpaired) electrons. The first-order chi connectivity index (χ1) is 16.8. The van der Waals surface area contributed by atoms with Crippen LogP contribution in [0.5, 0.6) is 5.75 Å². The molecule has 184 valence electrons. The first-order valence-electron chi connectivity index (χ1n) is 12.2. The number of aromatic carboxylic acids is 1. The maximum absolute atomic E-state index is 12.6. The van der Waals surface area contributed by atoms with Gasteiger partial charge in [0.2, 0.25) is 0 Å². The van der Waals surface area contributed by atoms with Gasteiger partial charge in [-0.05, 0) is 60.2 Å². The van der Waals surface area contributed by atoms with E-state index in [0.717, 1.165) is 59.5 Å². The fourth-order valence-electron chi connectivity index (χ4n) is 4.78. The van der Waals surface area contributed by atoms with Crippen LogP contribution in [-0.2, 0) is 0 Å². The van der Waals surface area contributed by atoms with Crippen LogP contribution in [0.15, 0.2) is 47.0 Å². The van der Waals surface area contributed by atoms with Crippen molar-refractivity contribution in [3.05, 3.63) is 64.2 Å². The smallest absolute Gasteiger partial charge is 0.336 e. The van der Waals surface area contributed by atoms with Crippen molar-refractivity contribution < 1.29 is 19.4 Å². The molecule has 1 atom stereocenters. The predicted octanol–water partition coefficient (Wildman–Crippen LogP) is 4.80. The molecule has 1 aliphatic heterocycles. The molecule has 7 nitrogen and oxygen atoms in total. The molecule has 2 aromatic rings. The number of carbonyl (C=O) groups excluding carboxylic acids is 1. The van der Waals surface area contributed by atoms with E-state index in [0.29, 0.717) is 24.1 Å². The van der Waals surface area contributed by atoms with Gasteiger partial charge < -0.3 is 20.1 Å². The Hall–Kier alpha value is -3.61. The Kier molecular flexibility index (Phi) is 7.24. The highest BCUT2D eigenvalue weighted by atomic mass is 16.5. The predicted molar refractivity (Wildman–Crippen MR) is 139 cm³/mol. The highest BCUT2D eigenvalue weighted by Crippen LogP contribution is 2.46. The molecule has 1 heterocycles. The molecule has 7 heteroatoms. The number of hydrogen-bond acceptors (Lipinski definition) is 5. The molecule has 1 saturated carbocycles. The van der Waals surface area contributed by atoms with Crippen LogP contribution in [0.1, 0.15) is 70.9 Å². The van der Waals surface area contributed by atoms with Crippen molar-refractivity contribution in [2.75, 3.05) is 32.6 Å². The largest absolute Gasteiger partial charge is 0.485 e. The van der Waals surface area contributed by atoms with E-state index in [9.17, 15) is 14.7 Å². The van der Waals surface area contributed by atoms with Crippen LogP contribution in [-0.4, -0.2) is 56.5 Å². The van der Waals surface area contributed by atoms with Gasteiger partial charge in [-0.25, -0.2) is 4.79 Å². The summed E-state index contributed by atoms with van der Waals surface area (Å²) in [5.74, 6) is -0.583. The molecule has 35 heavy (non-hydrogen) atoms. The summed E-state index contributed by atoms with van der Waals surface area (Å²) in [6, 6.07) is 11.0. The Balaban J connectivity index is 1.85. The number of nitrogens with zero attached hydrogens (tertiary/aromatic N) is 2. The van der Waals surface area contributed by atoms with Crippen LogP contribution in [0.3, 0.4) is 0 Å². The fraction of sp³-hybridized carbons (Fsp3) is 0.393. The maximum Gasteiger partial charge on any atom is 0.336 e. The lowest BCUT2D eigenvalue weighted by Gasteiger charge is -2.36. The summed E-state index contributed by atoms with van der Waals surface area (Å²) in [6.07, 6.45) is 3.91. The number of hydrogen-bond donors (Lipinski definition) is 2. The van der Waals surface area contributed by atoms with E-state index >= 15 is 0 Å². The van der Waals surface area contributed by atoms with Crippen molar-refractivity contribution in [2.24, 2.45) is 4.99 Å². The monoisotopic (exact) mass is 475 g/mol. The zero-order chi connectivity index (χ0) is 25.1. The minimum atomic E-state index is -1.06. The SMILES string of the molecule is CCCCNC(=O)c1ccc(C2=C3CCC(=NC)CC3Oc3cc(N(C)C)ccc32)c(C(=O)O)c1. The van der Waals surface area contributed by atoms with Crippen LogP contribution in [0.4, 0.5) is 5.69 Å². The summed E-state index contributed by atoms with van der Waals surface area (Å²) in [7, 11) is 5.75. The van der Waals surface area contributed by atoms with Crippen LogP contribution in [0, 0.1) is 0 Å². The number of carboxylic acid groups (broad SMARTS) is 1. The molecule has 2 N–H and O–H groups in total. The Labute approximate surface area is 206 Å². The van der Waals surface area contributed by atoms with Crippen molar-refractivity contribution in [1.82, 2.24) is 5.32 Å². The molecular formula is C28H33N3O4. The van der Waals surface area contributed by atoms with E-state index in [1.165, 1.54) is 6.07 Å². The molecule has 1 unspecified atom stereocenters. The first kappa shape index (κ1) is 24.5. The van der Waals surface area contributed by atoms with Crippen molar-refractivity contribution in [3.63, 3.8) is 0 Å². The Morgan fingerprint density at radius 3 is 2.60 bits per heavy atom. The molecule has 1 fully saturated rings. The van der Waals surface area contributed by atoms with Gasteiger partial charge in [0, 0.05) is 62.7 Å². The van der Waals surface area contributed by atoms with Gasteiger partial charge in [0.15, 0.2) is 0 Å². The van der Waals surface area contributed by atoms with E-state index in [1.807, 2.05) is 37.2 Å². The molecule has 2 aliphatic rings. The third kappa shape index (κ3) is 4.94. The highest BCUT2D eigenvalue weighted by Gasteiger charge is 2.35. The van der Waals surface area contributed by atoms with Crippen molar-refractivity contribution in [2.45, 2.75) is 45.1 Å². The van der Waals surface area contributed by atoms with Gasteiger partial charge in [0.25, 0.3) is 5.91 Å². The average Bonchev–Trinajstić information content (AvgIpc) is 2.86. The number of unbranched alkanes of at least 4 members (excludes halogenated alkanes) is 1. The van der Waals surface area contributed by atoms with Crippen molar-refractivity contribution in [1.29, 1.82) is 0 Å². The zero-order valence-electron chi connectivity index (χ0n) is 20.9. The number of aliphatic imine (C=N–C) groups is 1.